The van der Waals surface area contributed by atoms with Crippen LogP contribution in [0.3, 0.4) is 0 Å². The van der Waals surface area contributed by atoms with Gasteiger partial charge in [-0.2, -0.15) is 0 Å². The zero-order valence-electron chi connectivity index (χ0n) is 21.5. The van der Waals surface area contributed by atoms with Crippen molar-refractivity contribution in [2.45, 2.75) is 4.90 Å². The molecule has 0 aromatic heterocycles. The van der Waals surface area contributed by atoms with E-state index in [1.807, 2.05) is 53.4 Å². The molecule has 2 amide bonds. The van der Waals surface area contributed by atoms with Crippen LogP contribution in [0.4, 0.5) is 11.4 Å². The molecule has 5 rings (SSSR count). The van der Waals surface area contributed by atoms with Crippen LogP contribution in [0.2, 0.25) is 0 Å². The molecule has 1 saturated heterocycles. The highest BCUT2D eigenvalue weighted by molar-refractivity contribution is 7.92. The molecule has 4 aromatic rings. The van der Waals surface area contributed by atoms with E-state index in [2.05, 4.69) is 10.2 Å². The Bertz CT molecular complexity index is 1610. The molecule has 0 radical (unpaired) electrons. The molecular weight excluding hydrogens is 514 g/mol. The van der Waals surface area contributed by atoms with Gasteiger partial charge in [0.15, 0.2) is 9.84 Å². The van der Waals surface area contributed by atoms with Crippen LogP contribution in [0.25, 0.3) is 10.8 Å². The Morgan fingerprint density at radius 1 is 0.821 bits per heavy atom. The Labute approximate surface area is 227 Å². The van der Waals surface area contributed by atoms with Crippen molar-refractivity contribution in [3.05, 3.63) is 96.6 Å². The highest BCUT2D eigenvalue weighted by Gasteiger charge is 2.23. The number of rotatable bonds is 7. The SMILES string of the molecule is COc1cccc(C(=O)N2CCN(c3ccc(NC(=O)CS(=O)(=O)c4ccc5ccccc5c4)cc3)CC2)c1. The van der Waals surface area contributed by atoms with E-state index in [9.17, 15) is 18.0 Å². The van der Waals surface area contributed by atoms with Crippen LogP contribution in [0.1, 0.15) is 10.4 Å². The van der Waals surface area contributed by atoms with Gasteiger partial charge in [0.05, 0.1) is 12.0 Å². The van der Waals surface area contributed by atoms with Crippen LogP contribution in [0, 0.1) is 0 Å². The number of anilines is 2. The summed E-state index contributed by atoms with van der Waals surface area (Å²) in [6.07, 6.45) is 0. The minimum Gasteiger partial charge on any atom is -0.497 e. The topological polar surface area (TPSA) is 96.0 Å². The van der Waals surface area contributed by atoms with Gasteiger partial charge in [0, 0.05) is 43.1 Å². The number of hydrogen-bond acceptors (Lipinski definition) is 6. The van der Waals surface area contributed by atoms with Crippen molar-refractivity contribution in [3.8, 4) is 5.75 Å². The van der Waals surface area contributed by atoms with E-state index in [1.54, 1.807) is 43.5 Å². The number of nitrogens with zero attached hydrogens (tertiary/aromatic N) is 2. The first-order valence-corrected chi connectivity index (χ1v) is 14.3. The van der Waals surface area contributed by atoms with Crippen LogP contribution in [-0.2, 0) is 14.6 Å². The third-order valence-corrected chi connectivity index (χ3v) is 8.42. The third-order valence-electron chi connectivity index (χ3n) is 6.80. The molecule has 39 heavy (non-hydrogen) atoms. The summed E-state index contributed by atoms with van der Waals surface area (Å²) in [7, 11) is -2.22. The Morgan fingerprint density at radius 2 is 1.54 bits per heavy atom. The van der Waals surface area contributed by atoms with Crippen LogP contribution in [-0.4, -0.2) is 64.2 Å². The lowest BCUT2D eigenvalue weighted by molar-refractivity contribution is -0.113. The fourth-order valence-electron chi connectivity index (χ4n) is 4.68. The van der Waals surface area contributed by atoms with Gasteiger partial charge in [-0.15, -0.1) is 0 Å². The average Bonchev–Trinajstić information content (AvgIpc) is 2.96. The van der Waals surface area contributed by atoms with Gasteiger partial charge in [0.2, 0.25) is 5.91 Å². The molecule has 1 N–H and O–H groups in total. The number of piperazine rings is 1. The van der Waals surface area contributed by atoms with Crippen molar-refractivity contribution in [3.63, 3.8) is 0 Å². The Hall–Kier alpha value is -4.37. The second kappa shape index (κ2) is 11.2. The number of amides is 2. The van der Waals surface area contributed by atoms with Gasteiger partial charge in [0.1, 0.15) is 11.5 Å². The summed E-state index contributed by atoms with van der Waals surface area (Å²) in [6.45, 7) is 2.51. The van der Waals surface area contributed by atoms with Gasteiger partial charge in [-0.05, 0) is 65.4 Å². The summed E-state index contributed by atoms with van der Waals surface area (Å²) >= 11 is 0. The molecule has 1 aliphatic rings. The van der Waals surface area contributed by atoms with Crippen LogP contribution in [0.15, 0.2) is 95.9 Å². The van der Waals surface area contributed by atoms with Crippen molar-refractivity contribution in [1.82, 2.24) is 4.90 Å². The Kier molecular flexibility index (Phi) is 7.51. The second-order valence-corrected chi connectivity index (χ2v) is 11.4. The van der Waals surface area contributed by atoms with E-state index in [0.29, 0.717) is 43.2 Å². The van der Waals surface area contributed by atoms with E-state index in [-0.39, 0.29) is 10.8 Å². The van der Waals surface area contributed by atoms with Gasteiger partial charge >= 0.3 is 0 Å². The average molecular weight is 544 g/mol. The number of hydrogen-bond donors (Lipinski definition) is 1. The summed E-state index contributed by atoms with van der Waals surface area (Å²) in [6, 6.07) is 26.8. The standard InChI is InChI=1S/C30H29N3O5S/c1-38-27-8-4-7-24(19-27)30(35)33-17-15-32(16-18-33)26-12-10-25(11-13-26)31-29(34)21-39(36,37)28-14-9-22-5-2-3-6-23(22)20-28/h2-14,19-20H,15-18,21H2,1H3,(H,31,34). The zero-order chi connectivity index (χ0) is 27.4. The number of ether oxygens (including phenoxy) is 1. The number of carbonyl (C=O) groups is 2. The number of nitrogens with one attached hydrogen (secondary N) is 1. The number of fused-ring (bicyclic) bond motifs is 1. The van der Waals surface area contributed by atoms with Gasteiger partial charge < -0.3 is 19.9 Å². The van der Waals surface area contributed by atoms with Gasteiger partial charge in [-0.25, -0.2) is 8.42 Å². The molecular formula is C30H29N3O5S. The van der Waals surface area contributed by atoms with Crippen molar-refractivity contribution in [2.24, 2.45) is 0 Å². The molecule has 0 bridgehead atoms. The van der Waals surface area contributed by atoms with E-state index in [1.165, 1.54) is 6.07 Å². The second-order valence-electron chi connectivity index (χ2n) is 9.37. The summed E-state index contributed by atoms with van der Waals surface area (Å²) in [5.74, 6) is -0.611. The minimum atomic E-state index is -3.79. The van der Waals surface area contributed by atoms with E-state index in [4.69, 9.17) is 4.74 Å². The monoisotopic (exact) mass is 543 g/mol. The quantitative estimate of drug-likeness (QED) is 0.375. The maximum atomic E-state index is 12.9. The predicted molar refractivity (Wildman–Crippen MR) is 152 cm³/mol. The first-order chi connectivity index (χ1) is 18.8. The Balaban J connectivity index is 1.16. The van der Waals surface area contributed by atoms with Gasteiger partial charge in [-0.1, -0.05) is 36.4 Å². The summed E-state index contributed by atoms with van der Waals surface area (Å²) in [5.41, 5.74) is 2.08. The van der Waals surface area contributed by atoms with E-state index < -0.39 is 21.5 Å². The van der Waals surface area contributed by atoms with Crippen LogP contribution < -0.4 is 15.0 Å². The van der Waals surface area contributed by atoms with Gasteiger partial charge in [-0.3, -0.25) is 9.59 Å². The number of carbonyl (C=O) groups excluding carboxylic acids is 2. The van der Waals surface area contributed by atoms with Gasteiger partial charge in [0.25, 0.3) is 5.91 Å². The first kappa shape index (κ1) is 26.2. The lowest BCUT2D eigenvalue weighted by Crippen LogP contribution is -2.48. The normalized spacial score (nSPS) is 13.8. The first-order valence-electron chi connectivity index (χ1n) is 12.6. The molecule has 4 aromatic carbocycles. The predicted octanol–water partition coefficient (Wildman–Crippen LogP) is 4.22. The molecule has 1 aliphatic heterocycles. The molecule has 200 valence electrons. The summed E-state index contributed by atoms with van der Waals surface area (Å²) in [4.78, 5) is 29.6. The molecule has 9 heteroatoms. The lowest BCUT2D eigenvalue weighted by atomic mass is 10.1. The molecule has 1 fully saturated rings. The highest BCUT2D eigenvalue weighted by Crippen LogP contribution is 2.23. The molecule has 1 heterocycles. The summed E-state index contributed by atoms with van der Waals surface area (Å²) < 4.78 is 30.9. The fraction of sp³-hybridized carbons (Fsp3) is 0.200. The largest absolute Gasteiger partial charge is 0.497 e. The molecule has 0 unspecified atom stereocenters. The zero-order valence-corrected chi connectivity index (χ0v) is 22.4. The van der Waals surface area contributed by atoms with Crippen molar-refractivity contribution >= 4 is 43.8 Å². The van der Waals surface area contributed by atoms with Crippen molar-refractivity contribution in [2.75, 3.05) is 49.3 Å². The van der Waals surface area contributed by atoms with Crippen LogP contribution >= 0.6 is 0 Å². The number of sulfone groups is 1. The number of methoxy groups -OCH3 is 1. The lowest BCUT2D eigenvalue weighted by Gasteiger charge is -2.36. The minimum absolute atomic E-state index is 0.0229. The highest BCUT2D eigenvalue weighted by atomic mass is 32.2. The van der Waals surface area contributed by atoms with Crippen molar-refractivity contribution in [1.29, 1.82) is 0 Å². The summed E-state index contributed by atoms with van der Waals surface area (Å²) in [5, 5.41) is 4.43. The molecule has 0 aliphatic carbocycles. The maximum absolute atomic E-state index is 12.9. The smallest absolute Gasteiger partial charge is 0.254 e. The number of benzene rings is 4. The fourth-order valence-corrected chi connectivity index (χ4v) is 5.84. The van der Waals surface area contributed by atoms with Crippen LogP contribution in [0.5, 0.6) is 5.75 Å². The maximum Gasteiger partial charge on any atom is 0.254 e. The van der Waals surface area contributed by atoms with Crippen molar-refractivity contribution < 1.29 is 22.7 Å². The Morgan fingerprint density at radius 3 is 2.26 bits per heavy atom. The third kappa shape index (κ3) is 6.04. The van der Waals surface area contributed by atoms with E-state index >= 15 is 0 Å². The molecule has 0 saturated carbocycles. The molecule has 8 nitrogen and oxygen atoms in total. The van der Waals surface area contributed by atoms with E-state index in [0.717, 1.165) is 16.5 Å². The molecule has 0 spiro atoms. The molecule has 0 atom stereocenters.